The fraction of sp³-hybridized carbons (Fsp3) is 0. The van der Waals surface area contributed by atoms with Gasteiger partial charge in [-0.2, -0.15) is 0 Å². The third-order valence-corrected chi connectivity index (χ3v) is 9.97. The highest BCUT2D eigenvalue weighted by molar-refractivity contribution is 6.13. The van der Waals surface area contributed by atoms with E-state index in [1.807, 2.05) is 12.3 Å². The highest BCUT2D eigenvalue weighted by Gasteiger charge is 2.31. The van der Waals surface area contributed by atoms with Gasteiger partial charge in [0.2, 0.25) is 0 Å². The van der Waals surface area contributed by atoms with Gasteiger partial charge in [-0.25, -0.2) is 0 Å². The van der Waals surface area contributed by atoms with Crippen LogP contribution in [0.3, 0.4) is 0 Å². The second-order valence-electron chi connectivity index (χ2n) is 12.8. The number of hydrogen-bond donors (Lipinski definition) is 0. The van der Waals surface area contributed by atoms with Gasteiger partial charge < -0.3 is 9.47 Å². The van der Waals surface area contributed by atoms with Crippen LogP contribution in [0.1, 0.15) is 0 Å². The van der Waals surface area contributed by atoms with Crippen molar-refractivity contribution >= 4 is 38.9 Å². The Bertz CT molecular complexity index is 2700. The predicted octanol–water partition coefficient (Wildman–Crippen LogP) is 12.6. The van der Waals surface area contributed by atoms with E-state index in [-0.39, 0.29) is 0 Å². The molecule has 1 aliphatic heterocycles. The average Bonchev–Trinajstić information content (AvgIpc) is 3.47. The number of rotatable bonds is 4. The summed E-state index contributed by atoms with van der Waals surface area (Å²) in [7, 11) is 0. The zero-order valence-electron chi connectivity index (χ0n) is 27.2. The van der Waals surface area contributed by atoms with Gasteiger partial charge in [0, 0.05) is 50.5 Å². The van der Waals surface area contributed by atoms with Crippen molar-refractivity contribution in [1.29, 1.82) is 0 Å². The number of hydrogen-bond acceptors (Lipinski definition) is 2. The number of fused-ring (bicyclic) bond motifs is 8. The summed E-state index contributed by atoms with van der Waals surface area (Å²) in [4.78, 5) is 7.16. The molecule has 0 saturated heterocycles. The molecule has 7 aromatic carbocycles. The molecule has 2 aromatic heterocycles. The first-order valence-corrected chi connectivity index (χ1v) is 17.1. The number of anilines is 3. The van der Waals surface area contributed by atoms with Gasteiger partial charge >= 0.3 is 0 Å². The van der Waals surface area contributed by atoms with Gasteiger partial charge in [-0.1, -0.05) is 133 Å². The average molecular weight is 638 g/mol. The molecule has 0 aliphatic carbocycles. The summed E-state index contributed by atoms with van der Waals surface area (Å²) in [6, 6.07) is 65.5. The number of pyridine rings is 1. The van der Waals surface area contributed by atoms with E-state index in [9.17, 15) is 0 Å². The van der Waals surface area contributed by atoms with Crippen molar-refractivity contribution in [2.45, 2.75) is 0 Å². The molecule has 0 unspecified atom stereocenters. The second kappa shape index (κ2) is 11.5. The molecular weight excluding hydrogens is 607 g/mol. The summed E-state index contributed by atoms with van der Waals surface area (Å²) in [6.07, 6.45) is 1.97. The van der Waals surface area contributed by atoms with Crippen LogP contribution >= 0.6 is 0 Å². The SMILES string of the molecule is c1ccc(-c2ccccc2-n2c3c(c4ccccc42)-c2ccccc2N(c2ccc(-c4cnc5ccccc5c4)cc2)c2ccccc2-3)cc1. The van der Waals surface area contributed by atoms with Gasteiger partial charge in [-0.15, -0.1) is 0 Å². The lowest BCUT2D eigenvalue weighted by atomic mass is 9.98. The Morgan fingerprint density at radius 3 is 1.86 bits per heavy atom. The highest BCUT2D eigenvalue weighted by Crippen LogP contribution is 2.54. The first kappa shape index (κ1) is 28.3. The molecule has 1 aliphatic rings. The van der Waals surface area contributed by atoms with Crippen LogP contribution in [-0.4, -0.2) is 9.55 Å². The maximum absolute atomic E-state index is 4.73. The highest BCUT2D eigenvalue weighted by atomic mass is 15.2. The van der Waals surface area contributed by atoms with E-state index in [1.54, 1.807) is 0 Å². The largest absolute Gasteiger partial charge is 0.309 e. The van der Waals surface area contributed by atoms with Crippen molar-refractivity contribution in [2.24, 2.45) is 0 Å². The van der Waals surface area contributed by atoms with E-state index < -0.39 is 0 Å². The lowest BCUT2D eigenvalue weighted by Crippen LogP contribution is -2.11. The van der Waals surface area contributed by atoms with E-state index in [0.717, 1.165) is 44.8 Å². The lowest BCUT2D eigenvalue weighted by Gasteiger charge is -2.27. The van der Waals surface area contributed by atoms with Crippen LogP contribution in [-0.2, 0) is 0 Å². The van der Waals surface area contributed by atoms with E-state index in [1.165, 1.54) is 44.4 Å². The minimum absolute atomic E-state index is 1.01. The maximum Gasteiger partial charge on any atom is 0.0702 e. The molecular formula is C47H31N3. The van der Waals surface area contributed by atoms with Crippen molar-refractivity contribution in [3.8, 4) is 50.3 Å². The van der Waals surface area contributed by atoms with Crippen LogP contribution in [0.25, 0.3) is 72.1 Å². The molecule has 0 fully saturated rings. The Labute approximate surface area is 291 Å². The molecule has 0 saturated carbocycles. The van der Waals surface area contributed by atoms with E-state index in [0.29, 0.717) is 0 Å². The summed E-state index contributed by atoms with van der Waals surface area (Å²) in [6.45, 7) is 0. The fourth-order valence-electron chi connectivity index (χ4n) is 7.74. The molecule has 0 bridgehead atoms. The van der Waals surface area contributed by atoms with Crippen molar-refractivity contribution in [1.82, 2.24) is 9.55 Å². The zero-order chi connectivity index (χ0) is 33.0. The zero-order valence-corrected chi connectivity index (χ0v) is 27.2. The molecule has 0 amide bonds. The van der Waals surface area contributed by atoms with Crippen LogP contribution in [0.4, 0.5) is 17.1 Å². The summed E-state index contributed by atoms with van der Waals surface area (Å²) < 4.78 is 2.49. The summed E-state index contributed by atoms with van der Waals surface area (Å²) in [5.41, 5.74) is 16.2. The quantitative estimate of drug-likeness (QED) is 0.191. The van der Waals surface area contributed by atoms with Crippen molar-refractivity contribution in [3.63, 3.8) is 0 Å². The van der Waals surface area contributed by atoms with Crippen LogP contribution in [0.15, 0.2) is 188 Å². The Balaban J connectivity index is 1.22. The molecule has 3 heterocycles. The van der Waals surface area contributed by atoms with E-state index >= 15 is 0 Å². The molecule has 50 heavy (non-hydrogen) atoms. The summed E-state index contributed by atoms with van der Waals surface area (Å²) in [5, 5.41) is 2.37. The van der Waals surface area contributed by atoms with Crippen molar-refractivity contribution < 1.29 is 0 Å². The van der Waals surface area contributed by atoms with Gasteiger partial charge in [0.15, 0.2) is 0 Å². The topological polar surface area (TPSA) is 21.1 Å². The molecule has 0 N–H and O–H groups in total. The van der Waals surface area contributed by atoms with Crippen molar-refractivity contribution in [2.75, 3.05) is 4.90 Å². The Kier molecular flexibility index (Phi) is 6.49. The standard InChI is InChI=1S/C47H31N3/c1-2-14-33(15-3-1)37-17-5-10-22-42(37)50-44-24-12-7-19-39(44)46-38-18-6-11-23-43(38)49(45-25-13-8-20-40(45)47(46)50)36-28-26-32(27-29-36)35-30-34-16-4-9-21-41(34)48-31-35/h1-31H. The van der Waals surface area contributed by atoms with Gasteiger partial charge in [-0.3, -0.25) is 4.98 Å². The van der Waals surface area contributed by atoms with Gasteiger partial charge in [0.05, 0.1) is 33.8 Å². The first-order chi connectivity index (χ1) is 24.8. The number of benzene rings is 7. The monoisotopic (exact) mass is 637 g/mol. The van der Waals surface area contributed by atoms with E-state index in [2.05, 4.69) is 185 Å². The Morgan fingerprint density at radius 1 is 0.420 bits per heavy atom. The molecule has 0 atom stereocenters. The molecule has 10 rings (SSSR count). The Hall–Kier alpha value is -6.71. The van der Waals surface area contributed by atoms with Crippen LogP contribution in [0.2, 0.25) is 0 Å². The van der Waals surface area contributed by atoms with Crippen LogP contribution in [0.5, 0.6) is 0 Å². The number of nitrogens with zero attached hydrogens (tertiary/aromatic N) is 3. The molecule has 3 nitrogen and oxygen atoms in total. The second-order valence-corrected chi connectivity index (χ2v) is 12.8. The number of para-hydroxylation sites is 5. The van der Waals surface area contributed by atoms with Gasteiger partial charge in [0.25, 0.3) is 0 Å². The Morgan fingerprint density at radius 2 is 1.04 bits per heavy atom. The molecule has 0 spiro atoms. The van der Waals surface area contributed by atoms with Gasteiger partial charge in [-0.05, 0) is 59.7 Å². The lowest BCUT2D eigenvalue weighted by molar-refractivity contribution is 1.14. The summed E-state index contributed by atoms with van der Waals surface area (Å²) in [5.74, 6) is 0. The summed E-state index contributed by atoms with van der Waals surface area (Å²) >= 11 is 0. The molecule has 234 valence electrons. The van der Waals surface area contributed by atoms with Gasteiger partial charge in [0.1, 0.15) is 0 Å². The molecule has 0 radical (unpaired) electrons. The third kappa shape index (κ3) is 4.41. The smallest absolute Gasteiger partial charge is 0.0702 e. The van der Waals surface area contributed by atoms with Crippen LogP contribution < -0.4 is 4.90 Å². The predicted molar refractivity (Wildman–Crippen MR) is 209 cm³/mol. The van der Waals surface area contributed by atoms with Crippen LogP contribution in [0, 0.1) is 0 Å². The minimum Gasteiger partial charge on any atom is -0.309 e. The normalized spacial score (nSPS) is 12.0. The fourth-order valence-corrected chi connectivity index (χ4v) is 7.74. The molecule has 9 aromatic rings. The number of aromatic nitrogens is 2. The third-order valence-electron chi connectivity index (χ3n) is 9.97. The molecule has 3 heteroatoms. The first-order valence-electron chi connectivity index (χ1n) is 17.1. The maximum atomic E-state index is 4.73. The van der Waals surface area contributed by atoms with Crippen molar-refractivity contribution in [3.05, 3.63) is 188 Å². The minimum atomic E-state index is 1.01. The van der Waals surface area contributed by atoms with E-state index in [4.69, 9.17) is 4.98 Å².